The smallest absolute Gasteiger partial charge is 0.333 e. The highest BCUT2D eigenvalue weighted by Crippen LogP contribution is 2.25. The van der Waals surface area contributed by atoms with E-state index < -0.39 is 6.03 Å². The van der Waals surface area contributed by atoms with Crippen LogP contribution in [0.15, 0.2) is 18.2 Å². The van der Waals surface area contributed by atoms with Gasteiger partial charge in [-0.3, -0.25) is 5.43 Å². The molecule has 2 amide bonds. The molecule has 0 atom stereocenters. The van der Waals surface area contributed by atoms with Crippen LogP contribution < -0.4 is 26.1 Å². The lowest BCUT2D eigenvalue weighted by Gasteiger charge is -2.09. The molecule has 4 N–H and O–H groups in total. The zero-order valence-electron chi connectivity index (χ0n) is 8.94. The van der Waals surface area contributed by atoms with E-state index in [2.05, 4.69) is 5.32 Å². The second-order valence-corrected chi connectivity index (χ2v) is 2.70. The molecule has 7 heteroatoms. The maximum absolute atomic E-state index is 11.0. The largest absolute Gasteiger partial charge is 0.497 e. The monoisotopic (exact) mass is 247 g/mol. The predicted molar refractivity (Wildman–Crippen MR) is 63.1 cm³/mol. The van der Waals surface area contributed by atoms with Crippen LogP contribution in [-0.2, 0) is 0 Å². The summed E-state index contributed by atoms with van der Waals surface area (Å²) < 4.78 is 10.1. The minimum absolute atomic E-state index is 0. The van der Waals surface area contributed by atoms with E-state index in [1.807, 2.05) is 5.43 Å². The van der Waals surface area contributed by atoms with Crippen molar-refractivity contribution in [2.24, 2.45) is 5.84 Å². The Morgan fingerprint density at radius 3 is 2.06 bits per heavy atom. The molecule has 6 nitrogen and oxygen atoms in total. The molecular weight excluding hydrogens is 234 g/mol. The maximum atomic E-state index is 11.0. The van der Waals surface area contributed by atoms with Crippen molar-refractivity contribution in [3.05, 3.63) is 18.2 Å². The van der Waals surface area contributed by atoms with Gasteiger partial charge in [0.15, 0.2) is 0 Å². The number of methoxy groups -OCH3 is 2. The molecule has 0 aliphatic carbocycles. The molecule has 0 saturated carbocycles. The van der Waals surface area contributed by atoms with Crippen LogP contribution in [0.5, 0.6) is 11.5 Å². The van der Waals surface area contributed by atoms with Gasteiger partial charge >= 0.3 is 6.03 Å². The second-order valence-electron chi connectivity index (χ2n) is 2.70. The molecule has 0 heterocycles. The molecule has 0 fully saturated rings. The Balaban J connectivity index is 0.00000225. The highest BCUT2D eigenvalue weighted by atomic mass is 35.5. The van der Waals surface area contributed by atoms with Gasteiger partial charge in [-0.05, 0) is 0 Å². The molecule has 1 rings (SSSR count). The van der Waals surface area contributed by atoms with Gasteiger partial charge in [0, 0.05) is 23.9 Å². The summed E-state index contributed by atoms with van der Waals surface area (Å²) in [7, 11) is 3.06. The van der Waals surface area contributed by atoms with Gasteiger partial charge in [0.2, 0.25) is 0 Å². The zero-order chi connectivity index (χ0) is 11.3. The van der Waals surface area contributed by atoms with Crippen molar-refractivity contribution >= 4 is 24.1 Å². The van der Waals surface area contributed by atoms with Crippen molar-refractivity contribution in [3.63, 3.8) is 0 Å². The average Bonchev–Trinajstić information content (AvgIpc) is 2.28. The number of hydrazine groups is 1. The number of halogens is 1. The molecule has 0 spiro atoms. The minimum atomic E-state index is -0.509. The fraction of sp³-hybridized carbons (Fsp3) is 0.222. The van der Waals surface area contributed by atoms with Gasteiger partial charge in [0.05, 0.1) is 14.2 Å². The summed E-state index contributed by atoms with van der Waals surface area (Å²) in [6.45, 7) is 0. The standard InChI is InChI=1S/C9H13N3O3.ClH/c1-14-7-3-6(11-9(13)12-10)4-8(5-7)15-2;/h3-5H,10H2,1-2H3,(H2,11,12,13);1H. The number of ether oxygens (including phenoxy) is 2. The van der Waals surface area contributed by atoms with Gasteiger partial charge in [-0.1, -0.05) is 0 Å². The number of hydrogen-bond donors (Lipinski definition) is 3. The zero-order valence-corrected chi connectivity index (χ0v) is 9.76. The lowest BCUT2D eigenvalue weighted by molar-refractivity contribution is 0.252. The van der Waals surface area contributed by atoms with Crippen LogP contribution in [0.1, 0.15) is 0 Å². The number of urea groups is 1. The Bertz CT molecular complexity index is 338. The molecule has 0 aliphatic rings. The third-order valence-electron chi connectivity index (χ3n) is 1.74. The lowest BCUT2D eigenvalue weighted by Crippen LogP contribution is -2.34. The highest BCUT2D eigenvalue weighted by molar-refractivity contribution is 5.89. The van der Waals surface area contributed by atoms with Crippen LogP contribution in [0.25, 0.3) is 0 Å². The molecular formula is C9H14ClN3O3. The Morgan fingerprint density at radius 1 is 1.19 bits per heavy atom. The fourth-order valence-corrected chi connectivity index (χ4v) is 1.05. The SMILES string of the molecule is COc1cc(NC(=O)NN)cc(OC)c1.Cl. The van der Waals surface area contributed by atoms with E-state index in [9.17, 15) is 4.79 Å². The molecule has 16 heavy (non-hydrogen) atoms. The topological polar surface area (TPSA) is 85.6 Å². The first-order valence-corrected chi connectivity index (χ1v) is 4.20. The van der Waals surface area contributed by atoms with E-state index in [1.54, 1.807) is 18.2 Å². The molecule has 0 unspecified atom stereocenters. The van der Waals surface area contributed by atoms with E-state index in [4.69, 9.17) is 15.3 Å². The Morgan fingerprint density at radius 2 is 1.69 bits per heavy atom. The van der Waals surface area contributed by atoms with Crippen LogP contribution in [0.4, 0.5) is 10.5 Å². The Hall–Kier alpha value is -1.66. The van der Waals surface area contributed by atoms with Gasteiger partial charge in [-0.25, -0.2) is 10.6 Å². The Kier molecular flexibility index (Phi) is 6.06. The number of hydrogen-bond acceptors (Lipinski definition) is 4. The summed E-state index contributed by atoms with van der Waals surface area (Å²) in [5.74, 6) is 6.11. The number of nitrogens with one attached hydrogen (secondary N) is 2. The van der Waals surface area contributed by atoms with Crippen LogP contribution in [0.2, 0.25) is 0 Å². The molecule has 0 saturated heterocycles. The molecule has 1 aromatic carbocycles. The summed E-state index contributed by atoms with van der Waals surface area (Å²) in [6.07, 6.45) is 0. The van der Waals surface area contributed by atoms with E-state index in [0.717, 1.165) is 0 Å². The normalized spacial score (nSPS) is 8.69. The summed E-state index contributed by atoms with van der Waals surface area (Å²) >= 11 is 0. The number of carbonyl (C=O) groups is 1. The summed E-state index contributed by atoms with van der Waals surface area (Å²) in [4.78, 5) is 11.0. The van der Waals surface area contributed by atoms with Crippen molar-refractivity contribution in [2.45, 2.75) is 0 Å². The van der Waals surface area contributed by atoms with E-state index in [0.29, 0.717) is 17.2 Å². The quantitative estimate of drug-likeness (QED) is 0.425. The first kappa shape index (κ1) is 14.3. The summed E-state index contributed by atoms with van der Waals surface area (Å²) in [6, 6.07) is 4.49. The number of rotatable bonds is 3. The molecule has 0 bridgehead atoms. The lowest BCUT2D eigenvalue weighted by atomic mass is 10.3. The van der Waals surface area contributed by atoms with Crippen LogP contribution in [0, 0.1) is 0 Å². The van der Waals surface area contributed by atoms with E-state index in [1.165, 1.54) is 14.2 Å². The third kappa shape index (κ3) is 3.84. The van der Waals surface area contributed by atoms with Crippen molar-refractivity contribution in [2.75, 3.05) is 19.5 Å². The van der Waals surface area contributed by atoms with Gasteiger partial charge in [0.1, 0.15) is 11.5 Å². The summed E-state index contributed by atoms with van der Waals surface area (Å²) in [5.41, 5.74) is 2.49. The van der Waals surface area contributed by atoms with Crippen LogP contribution in [0.3, 0.4) is 0 Å². The number of carbonyl (C=O) groups excluding carboxylic acids is 1. The average molecular weight is 248 g/mol. The van der Waals surface area contributed by atoms with E-state index >= 15 is 0 Å². The van der Waals surface area contributed by atoms with Gasteiger partial charge in [-0.2, -0.15) is 0 Å². The number of amides is 2. The van der Waals surface area contributed by atoms with Gasteiger partial charge < -0.3 is 14.8 Å². The van der Waals surface area contributed by atoms with Crippen molar-refractivity contribution in [3.8, 4) is 11.5 Å². The van der Waals surface area contributed by atoms with Gasteiger partial charge in [-0.15, -0.1) is 12.4 Å². The van der Waals surface area contributed by atoms with Crippen molar-refractivity contribution < 1.29 is 14.3 Å². The number of benzene rings is 1. The Labute approximate surface area is 99.5 Å². The second kappa shape index (κ2) is 6.76. The molecule has 90 valence electrons. The number of nitrogens with two attached hydrogens (primary N) is 1. The molecule has 1 aromatic rings. The van der Waals surface area contributed by atoms with Crippen molar-refractivity contribution in [1.29, 1.82) is 0 Å². The first-order chi connectivity index (χ1) is 7.19. The van der Waals surface area contributed by atoms with E-state index in [-0.39, 0.29) is 12.4 Å². The van der Waals surface area contributed by atoms with Crippen LogP contribution in [-0.4, -0.2) is 20.3 Å². The highest BCUT2D eigenvalue weighted by Gasteiger charge is 2.04. The third-order valence-corrected chi connectivity index (χ3v) is 1.74. The molecule has 0 radical (unpaired) electrons. The fourth-order valence-electron chi connectivity index (χ4n) is 1.05. The van der Waals surface area contributed by atoms with Crippen LogP contribution >= 0.6 is 12.4 Å². The van der Waals surface area contributed by atoms with Crippen molar-refractivity contribution in [1.82, 2.24) is 5.43 Å². The maximum Gasteiger partial charge on any atom is 0.333 e. The number of anilines is 1. The predicted octanol–water partition coefficient (Wildman–Crippen LogP) is 1.12. The van der Waals surface area contributed by atoms with Gasteiger partial charge in [0.25, 0.3) is 0 Å². The minimum Gasteiger partial charge on any atom is -0.497 e. The first-order valence-electron chi connectivity index (χ1n) is 4.20. The molecule has 0 aromatic heterocycles. The summed E-state index contributed by atoms with van der Waals surface area (Å²) in [5, 5.41) is 2.51. The molecule has 0 aliphatic heterocycles.